The summed E-state index contributed by atoms with van der Waals surface area (Å²) in [5, 5.41) is 11.5. The van der Waals surface area contributed by atoms with Gasteiger partial charge in [-0.15, -0.1) is 0 Å². The molecule has 0 saturated heterocycles. The van der Waals surface area contributed by atoms with Crippen LogP contribution in [0.25, 0.3) is 0 Å². The fourth-order valence-corrected chi connectivity index (χ4v) is 2.00. The number of hydrogen-bond donors (Lipinski definition) is 2. The molecule has 0 aromatic heterocycles. The summed E-state index contributed by atoms with van der Waals surface area (Å²) in [7, 11) is 0. The highest BCUT2D eigenvalue weighted by Crippen LogP contribution is 2.18. The summed E-state index contributed by atoms with van der Waals surface area (Å²) in [6, 6.07) is 5.76. The van der Waals surface area contributed by atoms with Gasteiger partial charge in [-0.3, -0.25) is 9.59 Å². The SMILES string of the molecule is Cc1ccc(OCC(=O)NC(C)(C)CCC(=O)O)c(C)c1. The number of carboxylic acids is 1. The van der Waals surface area contributed by atoms with Crippen molar-refractivity contribution < 1.29 is 19.4 Å². The van der Waals surface area contributed by atoms with Crippen molar-refractivity contribution in [2.75, 3.05) is 6.61 Å². The number of aryl methyl sites for hydroxylation is 2. The Labute approximate surface area is 125 Å². The fourth-order valence-electron chi connectivity index (χ4n) is 2.00. The summed E-state index contributed by atoms with van der Waals surface area (Å²) in [6.45, 7) is 7.43. The first-order chi connectivity index (χ1) is 9.69. The van der Waals surface area contributed by atoms with E-state index in [4.69, 9.17) is 9.84 Å². The van der Waals surface area contributed by atoms with Crippen LogP contribution in [-0.4, -0.2) is 29.1 Å². The highest BCUT2D eigenvalue weighted by molar-refractivity contribution is 5.78. The predicted octanol–water partition coefficient (Wildman–Crippen LogP) is 2.44. The van der Waals surface area contributed by atoms with Gasteiger partial charge in [0.15, 0.2) is 6.61 Å². The van der Waals surface area contributed by atoms with Crippen LogP contribution in [0.3, 0.4) is 0 Å². The van der Waals surface area contributed by atoms with Gasteiger partial charge < -0.3 is 15.2 Å². The molecule has 0 radical (unpaired) electrons. The number of rotatable bonds is 7. The number of carbonyl (C=O) groups excluding carboxylic acids is 1. The molecule has 1 rings (SSSR count). The Balaban J connectivity index is 2.48. The second kappa shape index (κ2) is 7.11. The second-order valence-electron chi connectivity index (χ2n) is 5.88. The molecule has 0 unspecified atom stereocenters. The Morgan fingerprint density at radius 3 is 2.52 bits per heavy atom. The zero-order valence-corrected chi connectivity index (χ0v) is 13.0. The molecule has 0 aliphatic heterocycles. The maximum absolute atomic E-state index is 11.9. The quantitative estimate of drug-likeness (QED) is 0.809. The number of amides is 1. The summed E-state index contributed by atoms with van der Waals surface area (Å²) in [6.07, 6.45) is 0.392. The van der Waals surface area contributed by atoms with Crippen molar-refractivity contribution in [3.63, 3.8) is 0 Å². The van der Waals surface area contributed by atoms with Gasteiger partial charge in [-0.2, -0.15) is 0 Å². The van der Waals surface area contributed by atoms with E-state index in [1.807, 2.05) is 32.0 Å². The number of carboxylic acid groups (broad SMARTS) is 1. The molecule has 0 saturated carbocycles. The highest BCUT2D eigenvalue weighted by atomic mass is 16.5. The molecule has 0 atom stereocenters. The second-order valence-corrected chi connectivity index (χ2v) is 5.88. The minimum atomic E-state index is -0.871. The Morgan fingerprint density at radius 1 is 1.29 bits per heavy atom. The molecule has 1 aromatic carbocycles. The van der Waals surface area contributed by atoms with Crippen LogP contribution in [-0.2, 0) is 9.59 Å². The van der Waals surface area contributed by atoms with E-state index < -0.39 is 11.5 Å². The number of carbonyl (C=O) groups is 2. The molecule has 1 amide bonds. The Morgan fingerprint density at radius 2 is 1.95 bits per heavy atom. The van der Waals surface area contributed by atoms with E-state index in [1.165, 1.54) is 0 Å². The first-order valence-corrected chi connectivity index (χ1v) is 6.92. The minimum absolute atomic E-state index is 0.0191. The zero-order valence-electron chi connectivity index (χ0n) is 13.0. The van der Waals surface area contributed by atoms with Gasteiger partial charge in [0, 0.05) is 12.0 Å². The van der Waals surface area contributed by atoms with E-state index >= 15 is 0 Å². The molecule has 0 heterocycles. The highest BCUT2D eigenvalue weighted by Gasteiger charge is 2.21. The smallest absolute Gasteiger partial charge is 0.303 e. The lowest BCUT2D eigenvalue weighted by atomic mass is 9.98. The van der Waals surface area contributed by atoms with Crippen LogP contribution in [0.2, 0.25) is 0 Å². The number of aliphatic carboxylic acids is 1. The van der Waals surface area contributed by atoms with Crippen LogP contribution in [0.5, 0.6) is 5.75 Å². The minimum Gasteiger partial charge on any atom is -0.484 e. The topological polar surface area (TPSA) is 75.6 Å². The fraction of sp³-hybridized carbons (Fsp3) is 0.500. The third-order valence-electron chi connectivity index (χ3n) is 3.13. The van der Waals surface area contributed by atoms with Gasteiger partial charge in [-0.05, 0) is 45.7 Å². The summed E-state index contributed by atoms with van der Waals surface area (Å²) >= 11 is 0. The first-order valence-electron chi connectivity index (χ1n) is 6.92. The summed E-state index contributed by atoms with van der Waals surface area (Å²) in [4.78, 5) is 22.4. The average Bonchev–Trinajstić information content (AvgIpc) is 2.35. The third kappa shape index (κ3) is 6.29. The van der Waals surface area contributed by atoms with Crippen LogP contribution < -0.4 is 10.1 Å². The number of benzene rings is 1. The normalized spacial score (nSPS) is 11.0. The molecule has 2 N–H and O–H groups in total. The van der Waals surface area contributed by atoms with Crippen molar-refractivity contribution in [2.24, 2.45) is 0 Å². The van der Waals surface area contributed by atoms with E-state index in [1.54, 1.807) is 13.8 Å². The molecule has 0 fully saturated rings. The van der Waals surface area contributed by atoms with Crippen LogP contribution in [0, 0.1) is 13.8 Å². The molecular formula is C16H23NO4. The van der Waals surface area contributed by atoms with Crippen LogP contribution in [0.1, 0.15) is 37.8 Å². The lowest BCUT2D eigenvalue weighted by molar-refractivity contribution is -0.138. The Hall–Kier alpha value is -2.04. The van der Waals surface area contributed by atoms with Crippen molar-refractivity contribution in [2.45, 2.75) is 46.1 Å². The van der Waals surface area contributed by atoms with Crippen LogP contribution >= 0.6 is 0 Å². The van der Waals surface area contributed by atoms with Crippen molar-refractivity contribution in [3.05, 3.63) is 29.3 Å². The van der Waals surface area contributed by atoms with Crippen LogP contribution in [0.15, 0.2) is 18.2 Å². The average molecular weight is 293 g/mol. The van der Waals surface area contributed by atoms with E-state index in [0.29, 0.717) is 12.2 Å². The van der Waals surface area contributed by atoms with Gasteiger partial charge in [0.2, 0.25) is 0 Å². The maximum Gasteiger partial charge on any atom is 0.303 e. The van der Waals surface area contributed by atoms with Gasteiger partial charge in [-0.1, -0.05) is 17.7 Å². The monoisotopic (exact) mass is 293 g/mol. The summed E-state index contributed by atoms with van der Waals surface area (Å²) in [5.41, 5.74) is 1.55. The molecule has 5 nitrogen and oxygen atoms in total. The summed E-state index contributed by atoms with van der Waals surface area (Å²) in [5.74, 6) is -0.451. The van der Waals surface area contributed by atoms with E-state index in [9.17, 15) is 9.59 Å². The van der Waals surface area contributed by atoms with Crippen LogP contribution in [0.4, 0.5) is 0 Å². The molecule has 21 heavy (non-hydrogen) atoms. The van der Waals surface area contributed by atoms with Crippen molar-refractivity contribution in [1.29, 1.82) is 0 Å². The maximum atomic E-state index is 11.9. The zero-order chi connectivity index (χ0) is 16.0. The molecule has 116 valence electrons. The van der Waals surface area contributed by atoms with Gasteiger partial charge >= 0.3 is 5.97 Å². The van der Waals surface area contributed by atoms with Crippen molar-refractivity contribution >= 4 is 11.9 Å². The third-order valence-corrected chi connectivity index (χ3v) is 3.13. The molecule has 0 aliphatic rings. The molecule has 0 bridgehead atoms. The van der Waals surface area contributed by atoms with E-state index in [2.05, 4.69) is 5.32 Å². The number of ether oxygens (including phenoxy) is 1. The molecule has 0 aliphatic carbocycles. The van der Waals surface area contributed by atoms with Gasteiger partial charge in [0.1, 0.15) is 5.75 Å². The lowest BCUT2D eigenvalue weighted by Crippen LogP contribution is -2.45. The lowest BCUT2D eigenvalue weighted by Gasteiger charge is -2.25. The predicted molar refractivity (Wildman–Crippen MR) is 80.5 cm³/mol. The van der Waals surface area contributed by atoms with Crippen molar-refractivity contribution in [1.82, 2.24) is 5.32 Å². The van der Waals surface area contributed by atoms with Crippen molar-refractivity contribution in [3.8, 4) is 5.75 Å². The molecule has 1 aromatic rings. The molecule has 5 heteroatoms. The van der Waals surface area contributed by atoms with Gasteiger partial charge in [0.25, 0.3) is 5.91 Å². The van der Waals surface area contributed by atoms with Gasteiger partial charge in [-0.25, -0.2) is 0 Å². The number of nitrogens with one attached hydrogen (secondary N) is 1. The standard InChI is InChI=1S/C16H23NO4/c1-11-5-6-13(12(2)9-11)21-10-14(18)17-16(3,4)8-7-15(19)20/h5-6,9H,7-8,10H2,1-4H3,(H,17,18)(H,19,20). The Bertz CT molecular complexity index is 523. The molecular weight excluding hydrogens is 270 g/mol. The summed E-state index contributed by atoms with van der Waals surface area (Å²) < 4.78 is 5.50. The first kappa shape index (κ1) is 17.0. The van der Waals surface area contributed by atoms with E-state index in [-0.39, 0.29) is 18.9 Å². The largest absolute Gasteiger partial charge is 0.484 e. The van der Waals surface area contributed by atoms with Gasteiger partial charge in [0.05, 0.1) is 0 Å². The molecule has 0 spiro atoms. The van der Waals surface area contributed by atoms with E-state index in [0.717, 1.165) is 11.1 Å². The Kier molecular flexibility index (Phi) is 5.76. The number of hydrogen-bond acceptors (Lipinski definition) is 3.